The maximum Gasteiger partial charge on any atom is 0.119 e. The van der Waals surface area contributed by atoms with Crippen LogP contribution < -0.4 is 4.74 Å². The van der Waals surface area contributed by atoms with Gasteiger partial charge < -0.3 is 4.74 Å². The van der Waals surface area contributed by atoms with E-state index in [1.54, 1.807) is 12.7 Å². The Hall–Kier alpha value is -1.24. The summed E-state index contributed by atoms with van der Waals surface area (Å²) in [7, 11) is 1.75. The molecule has 0 spiro atoms. The van der Waals surface area contributed by atoms with Gasteiger partial charge in [0.05, 0.1) is 7.11 Å². The molecule has 1 aromatic carbocycles. The van der Waals surface area contributed by atoms with Crippen molar-refractivity contribution >= 4 is 5.57 Å². The molecule has 0 radical (unpaired) electrons. The van der Waals surface area contributed by atoms with Gasteiger partial charge in [-0.15, -0.1) is 0 Å². The van der Waals surface area contributed by atoms with E-state index in [-0.39, 0.29) is 0 Å². The molecule has 5 rings (SSSR count). The molecule has 0 saturated heterocycles. The van der Waals surface area contributed by atoms with E-state index in [1.807, 2.05) is 6.07 Å². The minimum absolute atomic E-state index is 0.887. The van der Waals surface area contributed by atoms with Crippen LogP contribution in [0, 0.1) is 23.7 Å². The van der Waals surface area contributed by atoms with Crippen LogP contribution >= 0.6 is 0 Å². The number of hydrogen-bond donors (Lipinski definition) is 0. The summed E-state index contributed by atoms with van der Waals surface area (Å²) in [6.45, 7) is 2.34. The van der Waals surface area contributed by atoms with Crippen molar-refractivity contribution < 1.29 is 4.74 Å². The first-order valence-corrected chi connectivity index (χ1v) is 8.09. The highest BCUT2D eigenvalue weighted by Crippen LogP contribution is 2.57. The van der Waals surface area contributed by atoms with E-state index in [1.165, 1.54) is 43.2 Å². The second kappa shape index (κ2) is 4.65. The van der Waals surface area contributed by atoms with Crippen LogP contribution in [-0.2, 0) is 0 Å². The van der Waals surface area contributed by atoms with Gasteiger partial charge in [-0.2, -0.15) is 0 Å². The van der Waals surface area contributed by atoms with Gasteiger partial charge in [0.15, 0.2) is 0 Å². The molecule has 20 heavy (non-hydrogen) atoms. The van der Waals surface area contributed by atoms with Gasteiger partial charge in [0.1, 0.15) is 5.75 Å². The molecule has 4 bridgehead atoms. The molecule has 1 heteroatoms. The number of methoxy groups -OCH3 is 1. The zero-order valence-electron chi connectivity index (χ0n) is 12.6. The fraction of sp³-hybridized carbons (Fsp3) is 0.579. The average molecular weight is 268 g/mol. The Morgan fingerprint density at radius 2 is 1.65 bits per heavy atom. The van der Waals surface area contributed by atoms with Crippen molar-refractivity contribution in [2.75, 3.05) is 7.11 Å². The largest absolute Gasteiger partial charge is 0.497 e. The summed E-state index contributed by atoms with van der Waals surface area (Å²) in [5, 5.41) is 0. The molecule has 4 aliphatic carbocycles. The molecule has 106 valence electrons. The molecule has 0 amide bonds. The normalized spacial score (nSPS) is 34.4. The van der Waals surface area contributed by atoms with E-state index in [4.69, 9.17) is 4.74 Å². The molecule has 1 nitrogen and oxygen atoms in total. The molecule has 1 aromatic rings. The molecular formula is C19H24O. The van der Waals surface area contributed by atoms with Gasteiger partial charge in [0, 0.05) is 0 Å². The topological polar surface area (TPSA) is 9.23 Å². The molecule has 4 saturated carbocycles. The Morgan fingerprint density at radius 3 is 2.25 bits per heavy atom. The van der Waals surface area contributed by atoms with Gasteiger partial charge in [-0.3, -0.25) is 0 Å². The van der Waals surface area contributed by atoms with Gasteiger partial charge in [-0.25, -0.2) is 0 Å². The number of ether oxygens (including phenoxy) is 1. The van der Waals surface area contributed by atoms with Crippen LogP contribution in [0.2, 0.25) is 0 Å². The first kappa shape index (κ1) is 12.5. The van der Waals surface area contributed by atoms with E-state index >= 15 is 0 Å². The number of allylic oxidation sites excluding steroid dienone is 2. The smallest absolute Gasteiger partial charge is 0.119 e. The summed E-state index contributed by atoms with van der Waals surface area (Å²) in [5.74, 6) is 4.83. The zero-order chi connectivity index (χ0) is 13.7. The summed E-state index contributed by atoms with van der Waals surface area (Å²) in [6.07, 6.45) is 7.37. The summed E-state index contributed by atoms with van der Waals surface area (Å²) in [4.78, 5) is 0. The first-order chi connectivity index (χ1) is 9.74. The van der Waals surface area contributed by atoms with Gasteiger partial charge in [0.2, 0.25) is 0 Å². The first-order valence-electron chi connectivity index (χ1n) is 8.09. The molecule has 0 heterocycles. The summed E-state index contributed by atoms with van der Waals surface area (Å²) in [6, 6.07) is 8.61. The van der Waals surface area contributed by atoms with Gasteiger partial charge in [0.25, 0.3) is 0 Å². The van der Waals surface area contributed by atoms with Crippen LogP contribution in [0.3, 0.4) is 0 Å². The van der Waals surface area contributed by atoms with Crippen molar-refractivity contribution in [1.82, 2.24) is 0 Å². The van der Waals surface area contributed by atoms with Crippen LogP contribution in [0.1, 0.15) is 44.6 Å². The molecule has 0 aromatic heterocycles. The van der Waals surface area contributed by atoms with Crippen molar-refractivity contribution in [3.63, 3.8) is 0 Å². The van der Waals surface area contributed by atoms with Crippen molar-refractivity contribution in [3.8, 4) is 5.75 Å². The highest BCUT2D eigenvalue weighted by molar-refractivity contribution is 5.69. The van der Waals surface area contributed by atoms with Crippen LogP contribution in [0.5, 0.6) is 5.75 Å². The quantitative estimate of drug-likeness (QED) is 0.739. The van der Waals surface area contributed by atoms with Crippen molar-refractivity contribution in [2.24, 2.45) is 23.7 Å². The lowest BCUT2D eigenvalue weighted by atomic mass is 9.53. The number of rotatable bonds is 2. The third-order valence-electron chi connectivity index (χ3n) is 5.95. The SMILES string of the molecule is COc1cccc(C(C)=C2C3CC4CC(C3)CC2C4)c1. The third-order valence-corrected chi connectivity index (χ3v) is 5.95. The summed E-state index contributed by atoms with van der Waals surface area (Å²) in [5.41, 5.74) is 4.70. The van der Waals surface area contributed by atoms with E-state index < -0.39 is 0 Å². The molecule has 0 aliphatic heterocycles. The lowest BCUT2D eigenvalue weighted by molar-refractivity contribution is 0.0704. The van der Waals surface area contributed by atoms with Crippen LogP contribution in [0.15, 0.2) is 29.8 Å². The summed E-state index contributed by atoms with van der Waals surface area (Å²) >= 11 is 0. The average Bonchev–Trinajstić information content (AvgIpc) is 2.46. The van der Waals surface area contributed by atoms with Crippen LogP contribution in [0.4, 0.5) is 0 Å². The molecule has 4 aliphatic rings. The van der Waals surface area contributed by atoms with E-state index in [9.17, 15) is 0 Å². The molecule has 4 fully saturated rings. The van der Waals surface area contributed by atoms with Crippen LogP contribution in [0.25, 0.3) is 5.57 Å². The monoisotopic (exact) mass is 268 g/mol. The Bertz CT molecular complexity index is 525. The van der Waals surface area contributed by atoms with Crippen LogP contribution in [-0.4, -0.2) is 7.11 Å². The fourth-order valence-electron chi connectivity index (χ4n) is 5.33. The van der Waals surface area contributed by atoms with Crippen molar-refractivity contribution in [1.29, 1.82) is 0 Å². The molecular weight excluding hydrogens is 244 g/mol. The fourth-order valence-corrected chi connectivity index (χ4v) is 5.33. The molecule has 0 N–H and O–H groups in total. The summed E-state index contributed by atoms with van der Waals surface area (Å²) < 4.78 is 5.39. The molecule has 0 atom stereocenters. The second-order valence-corrected chi connectivity index (χ2v) is 7.12. The van der Waals surface area contributed by atoms with Gasteiger partial charge in [-0.05, 0) is 86.0 Å². The number of benzene rings is 1. The Kier molecular flexibility index (Phi) is 2.90. The van der Waals surface area contributed by atoms with E-state index in [0.29, 0.717) is 0 Å². The standard InChI is InChI=1S/C19H24O/c1-12(15-4-3-5-18(11-15)20-2)19-16-7-13-6-14(9-16)10-17(19)8-13/h3-5,11,13-14,16-17H,6-10H2,1-2H3. The predicted molar refractivity (Wildman–Crippen MR) is 82.6 cm³/mol. The van der Waals surface area contributed by atoms with Crippen molar-refractivity contribution in [2.45, 2.75) is 39.0 Å². The Morgan fingerprint density at radius 1 is 1.00 bits per heavy atom. The van der Waals surface area contributed by atoms with E-state index in [0.717, 1.165) is 29.4 Å². The Labute approximate surface area is 122 Å². The highest BCUT2D eigenvalue weighted by Gasteiger charge is 2.45. The van der Waals surface area contributed by atoms with E-state index in [2.05, 4.69) is 25.1 Å². The zero-order valence-corrected chi connectivity index (χ0v) is 12.6. The maximum absolute atomic E-state index is 5.39. The minimum atomic E-state index is 0.887. The van der Waals surface area contributed by atoms with Gasteiger partial charge in [-0.1, -0.05) is 17.7 Å². The second-order valence-electron chi connectivity index (χ2n) is 7.12. The maximum atomic E-state index is 5.39. The third kappa shape index (κ3) is 1.90. The highest BCUT2D eigenvalue weighted by atomic mass is 16.5. The molecule has 0 unspecified atom stereocenters. The van der Waals surface area contributed by atoms with Gasteiger partial charge >= 0.3 is 0 Å². The predicted octanol–water partition coefficient (Wildman–Crippen LogP) is 4.92. The Balaban J connectivity index is 1.73. The number of hydrogen-bond acceptors (Lipinski definition) is 1. The van der Waals surface area contributed by atoms with Crippen molar-refractivity contribution in [3.05, 3.63) is 35.4 Å². The lowest BCUT2D eigenvalue weighted by Gasteiger charge is -2.52. The lowest BCUT2D eigenvalue weighted by Crippen LogP contribution is -2.40. The minimum Gasteiger partial charge on any atom is -0.497 e.